The van der Waals surface area contributed by atoms with Crippen LogP contribution in [0, 0.1) is 17.7 Å². The minimum atomic E-state index is -0.566. The van der Waals surface area contributed by atoms with Crippen LogP contribution < -0.4 is 16.0 Å². The number of nitrogens with one attached hydrogen (secondary N) is 3. The van der Waals surface area contributed by atoms with Crippen molar-refractivity contribution in [3.8, 4) is 0 Å². The fourth-order valence-corrected chi connectivity index (χ4v) is 6.41. The molecule has 1 heterocycles. The first-order valence-electron chi connectivity index (χ1n) is 16.5. The molecule has 1 saturated heterocycles. The largest absolute Gasteiger partial charge is 0.379 e. The van der Waals surface area contributed by atoms with Gasteiger partial charge in [-0.1, -0.05) is 46.2 Å². The Balaban J connectivity index is 2.05. The standard InChI is InChI=1S/C34H56FN5O6/c1-9-12-26(39(6)30(42)21-38-34(44)31(36-5)22(2)3)28(45-7)20-29(41)40-18-11-15-27(40)32(46-8)23(4)33(43)37-17-16-24-13-10-14-25(35)19-24/h10,13-14,19,22-23,26-28,31-32,36H,9,11-12,15-18,20-21H2,1-8H3,(H,37,43)(H,38,44)/t23?,26-,27?,28?,31?,32?/m0/s1. The lowest BCUT2D eigenvalue weighted by Gasteiger charge is -2.37. The van der Waals surface area contributed by atoms with Gasteiger partial charge in [0, 0.05) is 34.4 Å². The van der Waals surface area contributed by atoms with Crippen LogP contribution in [0.3, 0.4) is 0 Å². The van der Waals surface area contributed by atoms with E-state index < -0.39 is 24.2 Å². The quantitative estimate of drug-likeness (QED) is 0.210. The van der Waals surface area contributed by atoms with Crippen molar-refractivity contribution in [2.75, 3.05) is 47.9 Å². The van der Waals surface area contributed by atoms with Gasteiger partial charge in [0.25, 0.3) is 0 Å². The van der Waals surface area contributed by atoms with E-state index in [0.29, 0.717) is 32.4 Å². The van der Waals surface area contributed by atoms with E-state index in [9.17, 15) is 23.6 Å². The molecule has 4 amide bonds. The number of halogens is 1. The van der Waals surface area contributed by atoms with Crippen molar-refractivity contribution in [1.29, 1.82) is 0 Å². The zero-order valence-electron chi connectivity index (χ0n) is 28.9. The van der Waals surface area contributed by atoms with Crippen molar-refractivity contribution < 1.29 is 33.0 Å². The van der Waals surface area contributed by atoms with E-state index in [0.717, 1.165) is 18.4 Å². The van der Waals surface area contributed by atoms with Crippen LogP contribution in [0.15, 0.2) is 24.3 Å². The summed E-state index contributed by atoms with van der Waals surface area (Å²) in [6.07, 6.45) is 2.33. The van der Waals surface area contributed by atoms with E-state index in [2.05, 4.69) is 16.0 Å². The summed E-state index contributed by atoms with van der Waals surface area (Å²) in [6, 6.07) is 5.21. The summed E-state index contributed by atoms with van der Waals surface area (Å²) in [5.41, 5.74) is 0.795. The molecule has 0 aliphatic carbocycles. The normalized spacial score (nSPS) is 18.0. The third-order valence-corrected chi connectivity index (χ3v) is 9.04. The minimum Gasteiger partial charge on any atom is -0.379 e. The molecule has 0 radical (unpaired) electrons. The van der Waals surface area contributed by atoms with Crippen LogP contribution >= 0.6 is 0 Å². The molecular formula is C34H56FN5O6. The predicted octanol–water partition coefficient (Wildman–Crippen LogP) is 2.52. The summed E-state index contributed by atoms with van der Waals surface area (Å²) in [5, 5.41) is 8.64. The lowest BCUT2D eigenvalue weighted by Crippen LogP contribution is -2.53. The van der Waals surface area contributed by atoms with Crippen LogP contribution in [0.5, 0.6) is 0 Å². The second kappa shape index (κ2) is 19.5. The summed E-state index contributed by atoms with van der Waals surface area (Å²) >= 11 is 0. The maximum Gasteiger partial charge on any atom is 0.242 e. The molecule has 1 aliphatic rings. The summed E-state index contributed by atoms with van der Waals surface area (Å²) in [5.74, 6) is -1.61. The molecule has 2 rings (SSSR count). The van der Waals surface area contributed by atoms with Gasteiger partial charge in [-0.15, -0.1) is 0 Å². The van der Waals surface area contributed by atoms with Crippen molar-refractivity contribution in [3.63, 3.8) is 0 Å². The van der Waals surface area contributed by atoms with E-state index in [-0.39, 0.29) is 60.4 Å². The Bertz CT molecular complexity index is 1140. The molecule has 0 spiro atoms. The van der Waals surface area contributed by atoms with E-state index in [1.54, 1.807) is 44.0 Å². The molecule has 260 valence electrons. The maximum atomic E-state index is 13.8. The van der Waals surface area contributed by atoms with Gasteiger partial charge < -0.3 is 35.2 Å². The second-order valence-corrected chi connectivity index (χ2v) is 12.5. The zero-order valence-corrected chi connectivity index (χ0v) is 28.9. The van der Waals surface area contributed by atoms with Gasteiger partial charge in [0.05, 0.1) is 49.2 Å². The van der Waals surface area contributed by atoms with E-state index in [4.69, 9.17) is 9.47 Å². The van der Waals surface area contributed by atoms with Gasteiger partial charge >= 0.3 is 0 Å². The molecule has 46 heavy (non-hydrogen) atoms. The molecule has 11 nitrogen and oxygen atoms in total. The molecule has 1 fully saturated rings. The predicted molar refractivity (Wildman–Crippen MR) is 175 cm³/mol. The molecule has 0 bridgehead atoms. The molecular weight excluding hydrogens is 593 g/mol. The number of hydrogen-bond donors (Lipinski definition) is 3. The SMILES string of the molecule is CCC[C@@H](C(CC(=O)N1CCCC1C(OC)C(C)C(=O)NCCc1cccc(F)c1)OC)N(C)C(=O)CNC(=O)C(NC)C(C)C. The van der Waals surface area contributed by atoms with E-state index in [1.165, 1.54) is 19.2 Å². The van der Waals surface area contributed by atoms with Gasteiger partial charge in [0.1, 0.15) is 5.82 Å². The third-order valence-electron chi connectivity index (χ3n) is 9.04. The van der Waals surface area contributed by atoms with Crippen molar-refractivity contribution in [3.05, 3.63) is 35.6 Å². The lowest BCUT2D eigenvalue weighted by atomic mass is 9.94. The van der Waals surface area contributed by atoms with Gasteiger partial charge in [0.2, 0.25) is 23.6 Å². The number of benzene rings is 1. The number of amides is 4. The van der Waals surface area contributed by atoms with Crippen molar-refractivity contribution in [1.82, 2.24) is 25.8 Å². The Morgan fingerprint density at radius 3 is 2.39 bits per heavy atom. The smallest absolute Gasteiger partial charge is 0.242 e. The molecule has 1 aliphatic heterocycles. The fourth-order valence-electron chi connectivity index (χ4n) is 6.41. The van der Waals surface area contributed by atoms with Crippen molar-refractivity contribution in [2.45, 2.75) is 96.6 Å². The topological polar surface area (TPSA) is 129 Å². The number of hydrogen-bond acceptors (Lipinski definition) is 7. The number of likely N-dealkylation sites (N-methyl/N-ethyl adjacent to an activating group) is 2. The van der Waals surface area contributed by atoms with Gasteiger partial charge in [0.15, 0.2) is 0 Å². The Morgan fingerprint density at radius 2 is 1.80 bits per heavy atom. The average Bonchev–Trinajstić information content (AvgIpc) is 3.51. The molecule has 5 unspecified atom stereocenters. The summed E-state index contributed by atoms with van der Waals surface area (Å²) in [6.45, 7) is 8.39. The Kier molecular flexibility index (Phi) is 16.6. The Labute approximate surface area is 274 Å². The highest BCUT2D eigenvalue weighted by atomic mass is 19.1. The highest BCUT2D eigenvalue weighted by Gasteiger charge is 2.41. The van der Waals surface area contributed by atoms with Crippen LogP contribution in [0.25, 0.3) is 0 Å². The second-order valence-electron chi connectivity index (χ2n) is 12.5. The first-order chi connectivity index (χ1) is 21.9. The number of rotatable bonds is 19. The van der Waals surface area contributed by atoms with Gasteiger partial charge in [-0.3, -0.25) is 19.2 Å². The zero-order chi connectivity index (χ0) is 34.4. The Hall–Kier alpha value is -3.09. The van der Waals surface area contributed by atoms with Gasteiger partial charge in [-0.25, -0.2) is 4.39 Å². The number of likely N-dealkylation sites (tertiary alicyclic amines) is 1. The van der Waals surface area contributed by atoms with Crippen LogP contribution in [-0.4, -0.2) is 112 Å². The molecule has 3 N–H and O–H groups in total. The van der Waals surface area contributed by atoms with Crippen LogP contribution in [0.1, 0.15) is 65.4 Å². The lowest BCUT2D eigenvalue weighted by molar-refractivity contribution is -0.144. The van der Waals surface area contributed by atoms with Crippen LogP contribution in [0.2, 0.25) is 0 Å². The molecule has 6 atom stereocenters. The van der Waals surface area contributed by atoms with Crippen molar-refractivity contribution in [2.24, 2.45) is 11.8 Å². The number of carbonyl (C=O) groups excluding carboxylic acids is 4. The number of methoxy groups -OCH3 is 2. The number of nitrogens with zero attached hydrogens (tertiary/aromatic N) is 2. The third kappa shape index (κ3) is 11.0. The van der Waals surface area contributed by atoms with E-state index in [1.807, 2.05) is 26.8 Å². The highest BCUT2D eigenvalue weighted by Crippen LogP contribution is 2.28. The molecule has 1 aromatic carbocycles. The summed E-state index contributed by atoms with van der Waals surface area (Å²) < 4.78 is 25.1. The Morgan fingerprint density at radius 1 is 1.09 bits per heavy atom. The van der Waals surface area contributed by atoms with Crippen LogP contribution in [0.4, 0.5) is 4.39 Å². The van der Waals surface area contributed by atoms with Gasteiger partial charge in [-0.2, -0.15) is 0 Å². The van der Waals surface area contributed by atoms with E-state index >= 15 is 0 Å². The summed E-state index contributed by atoms with van der Waals surface area (Å²) in [4.78, 5) is 56.0. The number of ether oxygens (including phenoxy) is 2. The highest BCUT2D eigenvalue weighted by molar-refractivity contribution is 5.87. The average molecular weight is 650 g/mol. The number of carbonyl (C=O) groups is 4. The summed E-state index contributed by atoms with van der Waals surface area (Å²) in [7, 11) is 6.48. The maximum absolute atomic E-state index is 13.8. The first kappa shape index (κ1) is 39.1. The molecule has 1 aromatic rings. The fraction of sp³-hybridized carbons (Fsp3) is 0.706. The first-order valence-corrected chi connectivity index (χ1v) is 16.5. The monoisotopic (exact) mass is 649 g/mol. The molecule has 0 saturated carbocycles. The van der Waals surface area contributed by atoms with Crippen LogP contribution in [-0.2, 0) is 35.1 Å². The minimum absolute atomic E-state index is 0.0570. The molecule has 12 heteroatoms. The molecule has 0 aromatic heterocycles. The van der Waals surface area contributed by atoms with Crippen molar-refractivity contribution >= 4 is 23.6 Å². The van der Waals surface area contributed by atoms with Gasteiger partial charge in [-0.05, 0) is 56.3 Å².